The molecule has 2 aromatic rings. The van der Waals surface area contributed by atoms with Crippen molar-refractivity contribution >= 4 is 22.9 Å². The first-order chi connectivity index (χ1) is 11.4. The number of amides is 1. The predicted molar refractivity (Wildman–Crippen MR) is 93.6 cm³/mol. The van der Waals surface area contributed by atoms with E-state index in [1.807, 2.05) is 18.7 Å². The maximum Gasteiger partial charge on any atom is 0.268 e. The number of carbonyl (C=O) groups excluding carboxylic acids is 1. The summed E-state index contributed by atoms with van der Waals surface area (Å²) in [6.07, 6.45) is 2.06. The van der Waals surface area contributed by atoms with Gasteiger partial charge in [-0.2, -0.15) is 5.10 Å². The second-order valence-electron chi connectivity index (χ2n) is 5.96. The summed E-state index contributed by atoms with van der Waals surface area (Å²) in [5.41, 5.74) is 1.58. The molecule has 0 unspecified atom stereocenters. The van der Waals surface area contributed by atoms with Crippen LogP contribution in [-0.4, -0.2) is 51.8 Å². The van der Waals surface area contributed by atoms with Crippen LogP contribution in [-0.2, 0) is 18.3 Å². The molecule has 3 heterocycles. The minimum atomic E-state index is -0.125. The van der Waals surface area contributed by atoms with Crippen LogP contribution in [0.5, 0.6) is 0 Å². The van der Waals surface area contributed by atoms with Gasteiger partial charge in [0.2, 0.25) is 5.91 Å². The molecule has 0 aromatic carbocycles. The van der Waals surface area contributed by atoms with Gasteiger partial charge in [0.15, 0.2) is 0 Å². The molecule has 1 amide bonds. The van der Waals surface area contributed by atoms with Crippen molar-refractivity contribution in [2.24, 2.45) is 7.05 Å². The molecule has 7 nitrogen and oxygen atoms in total. The summed E-state index contributed by atoms with van der Waals surface area (Å²) in [5.74, 6) is 0.116. The number of aryl methyl sites for hydroxylation is 3. The quantitative estimate of drug-likeness (QED) is 0.819. The molecule has 1 saturated heterocycles. The van der Waals surface area contributed by atoms with Crippen LogP contribution < -0.4 is 10.5 Å². The zero-order valence-electron chi connectivity index (χ0n) is 14.2. The first-order valence-corrected chi connectivity index (χ1v) is 8.74. The Morgan fingerprint density at radius 1 is 1.25 bits per heavy atom. The molecule has 128 valence electrons. The molecule has 24 heavy (non-hydrogen) atoms. The maximum absolute atomic E-state index is 12.5. The van der Waals surface area contributed by atoms with Gasteiger partial charge in [-0.15, -0.1) is 11.3 Å². The van der Waals surface area contributed by atoms with Crippen LogP contribution in [0.15, 0.2) is 17.1 Å². The van der Waals surface area contributed by atoms with Crippen molar-refractivity contribution < 1.29 is 4.79 Å². The van der Waals surface area contributed by atoms with Gasteiger partial charge in [-0.1, -0.05) is 0 Å². The zero-order chi connectivity index (χ0) is 17.3. The number of rotatable bonds is 3. The average Bonchev–Trinajstić information content (AvgIpc) is 2.87. The maximum atomic E-state index is 12.5. The minimum Gasteiger partial charge on any atom is -0.367 e. The van der Waals surface area contributed by atoms with Crippen molar-refractivity contribution in [1.82, 2.24) is 19.7 Å². The molecule has 0 atom stereocenters. The van der Waals surface area contributed by atoms with E-state index in [9.17, 15) is 9.59 Å². The zero-order valence-corrected chi connectivity index (χ0v) is 15.0. The third-order valence-corrected chi connectivity index (χ3v) is 5.20. The van der Waals surface area contributed by atoms with E-state index in [0.717, 1.165) is 21.3 Å². The third kappa shape index (κ3) is 3.48. The fourth-order valence-corrected chi connectivity index (χ4v) is 3.67. The van der Waals surface area contributed by atoms with Gasteiger partial charge in [0, 0.05) is 44.2 Å². The monoisotopic (exact) mass is 347 g/mol. The molecule has 0 bridgehead atoms. The van der Waals surface area contributed by atoms with Gasteiger partial charge in [-0.05, 0) is 13.8 Å². The Labute approximate surface area is 144 Å². The number of carbonyl (C=O) groups is 1. The summed E-state index contributed by atoms with van der Waals surface area (Å²) in [6.45, 7) is 6.68. The number of hydrogen-bond acceptors (Lipinski definition) is 6. The molecule has 0 saturated carbocycles. The van der Waals surface area contributed by atoms with Gasteiger partial charge >= 0.3 is 0 Å². The van der Waals surface area contributed by atoms with Crippen molar-refractivity contribution in [2.75, 3.05) is 31.1 Å². The Bertz CT molecular complexity index is 805. The molecule has 0 N–H and O–H groups in total. The summed E-state index contributed by atoms with van der Waals surface area (Å²) < 4.78 is 1.31. The Kier molecular flexibility index (Phi) is 4.66. The van der Waals surface area contributed by atoms with E-state index in [-0.39, 0.29) is 11.5 Å². The number of anilines is 1. The van der Waals surface area contributed by atoms with E-state index >= 15 is 0 Å². The molecule has 2 aromatic heterocycles. The van der Waals surface area contributed by atoms with Crippen LogP contribution in [0.4, 0.5) is 5.69 Å². The van der Waals surface area contributed by atoms with Crippen molar-refractivity contribution in [3.05, 3.63) is 38.2 Å². The normalized spacial score (nSPS) is 15.0. The lowest BCUT2D eigenvalue weighted by Gasteiger charge is -2.35. The second-order valence-corrected chi connectivity index (χ2v) is 7.36. The molecule has 0 spiro atoms. The Hall–Kier alpha value is -2.22. The fourth-order valence-electron chi connectivity index (χ4n) is 2.84. The first-order valence-electron chi connectivity index (χ1n) is 7.93. The van der Waals surface area contributed by atoms with Gasteiger partial charge in [-0.3, -0.25) is 9.59 Å². The molecule has 3 rings (SSSR count). The van der Waals surface area contributed by atoms with Crippen LogP contribution in [0, 0.1) is 13.8 Å². The fraction of sp³-hybridized carbons (Fsp3) is 0.500. The van der Waals surface area contributed by atoms with Crippen molar-refractivity contribution in [3.8, 4) is 0 Å². The molecule has 1 fully saturated rings. The van der Waals surface area contributed by atoms with E-state index in [4.69, 9.17) is 0 Å². The third-order valence-electron chi connectivity index (χ3n) is 4.27. The van der Waals surface area contributed by atoms with Gasteiger partial charge in [0.05, 0.1) is 29.0 Å². The summed E-state index contributed by atoms with van der Waals surface area (Å²) in [5, 5.41) is 5.05. The van der Waals surface area contributed by atoms with Crippen LogP contribution in [0.3, 0.4) is 0 Å². The Morgan fingerprint density at radius 3 is 2.54 bits per heavy atom. The van der Waals surface area contributed by atoms with E-state index in [2.05, 4.69) is 15.0 Å². The number of nitrogens with zero attached hydrogens (tertiary/aromatic N) is 5. The molecular formula is C16H21N5O2S. The van der Waals surface area contributed by atoms with Crippen LogP contribution in [0.25, 0.3) is 0 Å². The highest BCUT2D eigenvalue weighted by molar-refractivity contribution is 7.11. The van der Waals surface area contributed by atoms with E-state index < -0.39 is 0 Å². The van der Waals surface area contributed by atoms with Crippen LogP contribution >= 0.6 is 11.3 Å². The molecule has 0 radical (unpaired) electrons. The number of thiazole rings is 1. The smallest absolute Gasteiger partial charge is 0.268 e. The number of hydrogen-bond donors (Lipinski definition) is 0. The Morgan fingerprint density at radius 2 is 1.96 bits per heavy atom. The van der Waals surface area contributed by atoms with Gasteiger partial charge in [-0.25, -0.2) is 9.67 Å². The molecule has 1 aliphatic heterocycles. The molecule has 0 aliphatic carbocycles. The SMILES string of the molecule is Cc1nc(CC(=O)N2CCN(c3cnn(C)c(=O)c3)CC2)c(C)s1. The number of piperazine rings is 1. The van der Waals surface area contributed by atoms with Crippen molar-refractivity contribution in [2.45, 2.75) is 20.3 Å². The van der Waals surface area contributed by atoms with Crippen molar-refractivity contribution in [1.29, 1.82) is 0 Å². The van der Waals surface area contributed by atoms with Crippen LogP contribution in [0.2, 0.25) is 0 Å². The topological polar surface area (TPSA) is 71.3 Å². The lowest BCUT2D eigenvalue weighted by atomic mass is 10.2. The van der Waals surface area contributed by atoms with Gasteiger partial charge < -0.3 is 9.80 Å². The van der Waals surface area contributed by atoms with Crippen molar-refractivity contribution in [3.63, 3.8) is 0 Å². The Balaban J connectivity index is 1.60. The summed E-state index contributed by atoms with van der Waals surface area (Å²) in [7, 11) is 1.63. The molecular weight excluding hydrogens is 326 g/mol. The highest BCUT2D eigenvalue weighted by Crippen LogP contribution is 2.18. The highest BCUT2D eigenvalue weighted by Gasteiger charge is 2.23. The van der Waals surface area contributed by atoms with E-state index in [0.29, 0.717) is 32.6 Å². The summed E-state index contributed by atoms with van der Waals surface area (Å²) in [4.78, 5) is 33.7. The first kappa shape index (κ1) is 16.6. The highest BCUT2D eigenvalue weighted by atomic mass is 32.1. The van der Waals surface area contributed by atoms with Gasteiger partial charge in [0.25, 0.3) is 5.56 Å². The molecule has 8 heteroatoms. The average molecular weight is 347 g/mol. The standard InChI is InChI=1S/C16H21N5O2S/c1-11-14(18-12(2)24-11)9-16(23)21-6-4-20(5-7-21)13-8-15(22)19(3)17-10-13/h8,10H,4-7,9H2,1-3H3. The van der Waals surface area contributed by atoms with Crippen LogP contribution in [0.1, 0.15) is 15.6 Å². The minimum absolute atomic E-state index is 0.116. The summed E-state index contributed by atoms with van der Waals surface area (Å²) >= 11 is 1.63. The predicted octanol–water partition coefficient (Wildman–Crippen LogP) is 0.745. The lowest BCUT2D eigenvalue weighted by Crippen LogP contribution is -2.49. The van der Waals surface area contributed by atoms with E-state index in [1.165, 1.54) is 4.68 Å². The van der Waals surface area contributed by atoms with Gasteiger partial charge in [0.1, 0.15) is 0 Å². The summed E-state index contributed by atoms with van der Waals surface area (Å²) in [6, 6.07) is 1.59. The van der Waals surface area contributed by atoms with E-state index in [1.54, 1.807) is 30.6 Å². The molecule has 1 aliphatic rings. The lowest BCUT2D eigenvalue weighted by molar-refractivity contribution is -0.130. The number of aromatic nitrogens is 3. The second kappa shape index (κ2) is 6.72. The largest absolute Gasteiger partial charge is 0.367 e.